The molecule has 2 aromatic carbocycles. The monoisotopic (exact) mass is 268 g/mol. The van der Waals surface area contributed by atoms with Gasteiger partial charge in [-0.15, -0.1) is 0 Å². The standard InChI is InChI=1S/C16H16N2O2/c1-12(17-19)11-16(18-20)15-9-7-14(8-10-15)13-5-3-2-4-6-13/h2-10,19-20H,11H2,1H3/b17-12+,18-16-. The molecule has 0 aliphatic heterocycles. The van der Waals surface area contributed by atoms with E-state index in [9.17, 15) is 0 Å². The van der Waals surface area contributed by atoms with Crippen molar-refractivity contribution in [3.05, 3.63) is 60.2 Å². The van der Waals surface area contributed by atoms with E-state index >= 15 is 0 Å². The van der Waals surface area contributed by atoms with E-state index in [4.69, 9.17) is 10.4 Å². The van der Waals surface area contributed by atoms with Crippen molar-refractivity contribution in [1.82, 2.24) is 0 Å². The van der Waals surface area contributed by atoms with Crippen LogP contribution in [0.5, 0.6) is 0 Å². The van der Waals surface area contributed by atoms with Gasteiger partial charge in [0.1, 0.15) is 0 Å². The molecule has 0 saturated heterocycles. The highest BCUT2D eigenvalue weighted by Crippen LogP contribution is 2.20. The molecule has 0 fully saturated rings. The van der Waals surface area contributed by atoms with Gasteiger partial charge in [0.2, 0.25) is 0 Å². The Bertz CT molecular complexity index is 617. The third-order valence-electron chi connectivity index (χ3n) is 3.04. The quantitative estimate of drug-likeness (QED) is 0.503. The van der Waals surface area contributed by atoms with Gasteiger partial charge in [0, 0.05) is 6.42 Å². The maximum Gasteiger partial charge on any atom is 0.0924 e. The molecular weight excluding hydrogens is 252 g/mol. The van der Waals surface area contributed by atoms with Crippen LogP contribution in [0.3, 0.4) is 0 Å². The second-order valence-corrected chi connectivity index (χ2v) is 4.50. The van der Waals surface area contributed by atoms with Crippen LogP contribution in [0.1, 0.15) is 18.9 Å². The van der Waals surface area contributed by atoms with Crippen molar-refractivity contribution < 1.29 is 10.4 Å². The molecule has 0 spiro atoms. The predicted octanol–water partition coefficient (Wildman–Crippen LogP) is 3.77. The van der Waals surface area contributed by atoms with Crippen LogP contribution in [0.25, 0.3) is 11.1 Å². The van der Waals surface area contributed by atoms with Crippen molar-refractivity contribution in [3.63, 3.8) is 0 Å². The molecule has 0 atom stereocenters. The molecule has 4 nitrogen and oxygen atoms in total. The molecule has 2 N–H and O–H groups in total. The van der Waals surface area contributed by atoms with Crippen molar-refractivity contribution in [2.45, 2.75) is 13.3 Å². The van der Waals surface area contributed by atoms with Crippen LogP contribution in [0.15, 0.2) is 64.9 Å². The zero-order valence-electron chi connectivity index (χ0n) is 11.2. The number of benzene rings is 2. The summed E-state index contributed by atoms with van der Waals surface area (Å²) < 4.78 is 0. The van der Waals surface area contributed by atoms with Crippen LogP contribution in [0.2, 0.25) is 0 Å². The summed E-state index contributed by atoms with van der Waals surface area (Å²) in [5, 5.41) is 24.1. The summed E-state index contributed by atoms with van der Waals surface area (Å²) in [6, 6.07) is 17.8. The van der Waals surface area contributed by atoms with Gasteiger partial charge in [-0.05, 0) is 23.6 Å². The smallest absolute Gasteiger partial charge is 0.0924 e. The van der Waals surface area contributed by atoms with Gasteiger partial charge in [0.25, 0.3) is 0 Å². The van der Waals surface area contributed by atoms with Gasteiger partial charge in [-0.3, -0.25) is 0 Å². The summed E-state index contributed by atoms with van der Waals surface area (Å²) in [5.74, 6) is 0. The molecule has 0 bridgehead atoms. The van der Waals surface area contributed by atoms with E-state index in [0.29, 0.717) is 17.8 Å². The zero-order chi connectivity index (χ0) is 14.4. The molecule has 0 saturated carbocycles. The first kappa shape index (κ1) is 13.8. The molecule has 0 radical (unpaired) electrons. The van der Waals surface area contributed by atoms with Crippen LogP contribution in [-0.2, 0) is 0 Å². The Morgan fingerprint density at radius 1 is 0.850 bits per heavy atom. The molecule has 0 aliphatic carbocycles. The minimum atomic E-state index is 0.303. The minimum absolute atomic E-state index is 0.303. The highest BCUT2D eigenvalue weighted by Gasteiger charge is 2.07. The van der Waals surface area contributed by atoms with E-state index in [-0.39, 0.29) is 0 Å². The number of rotatable bonds is 4. The van der Waals surface area contributed by atoms with Gasteiger partial charge in [-0.1, -0.05) is 64.9 Å². The molecule has 20 heavy (non-hydrogen) atoms. The molecule has 2 rings (SSSR count). The Labute approximate surface area is 117 Å². The molecule has 0 aromatic heterocycles. The highest BCUT2D eigenvalue weighted by molar-refractivity contribution is 6.11. The van der Waals surface area contributed by atoms with Gasteiger partial charge in [-0.25, -0.2) is 0 Å². The van der Waals surface area contributed by atoms with E-state index in [1.807, 2.05) is 54.6 Å². The van der Waals surface area contributed by atoms with Crippen LogP contribution in [-0.4, -0.2) is 21.8 Å². The fourth-order valence-electron chi connectivity index (χ4n) is 1.96. The van der Waals surface area contributed by atoms with Crippen molar-refractivity contribution in [2.24, 2.45) is 10.3 Å². The fraction of sp³-hybridized carbons (Fsp3) is 0.125. The summed E-state index contributed by atoms with van der Waals surface area (Å²) in [6.45, 7) is 1.67. The Morgan fingerprint density at radius 3 is 2.00 bits per heavy atom. The predicted molar refractivity (Wildman–Crippen MR) is 79.7 cm³/mol. The SMILES string of the molecule is C/C(C/C(=N/O)c1ccc(-c2ccccc2)cc1)=N\O. The average Bonchev–Trinajstić information content (AvgIpc) is 2.53. The summed E-state index contributed by atoms with van der Waals surface area (Å²) in [6.07, 6.45) is 0.303. The Morgan fingerprint density at radius 2 is 1.45 bits per heavy atom. The number of hydrogen-bond acceptors (Lipinski definition) is 4. The minimum Gasteiger partial charge on any atom is -0.411 e. The molecule has 102 valence electrons. The summed E-state index contributed by atoms with van der Waals surface area (Å²) in [7, 11) is 0. The summed E-state index contributed by atoms with van der Waals surface area (Å²) >= 11 is 0. The average molecular weight is 268 g/mol. The molecule has 0 aliphatic rings. The molecule has 4 heteroatoms. The highest BCUT2D eigenvalue weighted by atomic mass is 16.4. The molecule has 0 amide bonds. The molecule has 2 aromatic rings. The van der Waals surface area contributed by atoms with Crippen LogP contribution in [0.4, 0.5) is 0 Å². The van der Waals surface area contributed by atoms with E-state index in [1.54, 1.807) is 6.92 Å². The van der Waals surface area contributed by atoms with Gasteiger partial charge in [0.05, 0.1) is 11.4 Å². The third-order valence-corrected chi connectivity index (χ3v) is 3.04. The van der Waals surface area contributed by atoms with Crippen molar-refractivity contribution in [3.8, 4) is 11.1 Å². The second kappa shape index (κ2) is 6.52. The lowest BCUT2D eigenvalue weighted by atomic mass is 10.0. The van der Waals surface area contributed by atoms with E-state index in [0.717, 1.165) is 16.7 Å². The maximum atomic E-state index is 9.06. The van der Waals surface area contributed by atoms with E-state index < -0.39 is 0 Å². The maximum absolute atomic E-state index is 9.06. The number of oxime groups is 2. The number of hydrogen-bond donors (Lipinski definition) is 2. The topological polar surface area (TPSA) is 65.2 Å². The molecule has 0 heterocycles. The summed E-state index contributed by atoms with van der Waals surface area (Å²) in [5.41, 5.74) is 3.99. The summed E-state index contributed by atoms with van der Waals surface area (Å²) in [4.78, 5) is 0. The lowest BCUT2D eigenvalue weighted by molar-refractivity contribution is 0.315. The van der Waals surface area contributed by atoms with Crippen molar-refractivity contribution >= 4 is 11.4 Å². The largest absolute Gasteiger partial charge is 0.411 e. The van der Waals surface area contributed by atoms with Gasteiger partial charge in [0.15, 0.2) is 0 Å². The first-order valence-corrected chi connectivity index (χ1v) is 6.29. The van der Waals surface area contributed by atoms with Crippen molar-refractivity contribution in [1.29, 1.82) is 0 Å². The molecule has 0 unspecified atom stereocenters. The first-order chi connectivity index (χ1) is 9.74. The Balaban J connectivity index is 2.24. The van der Waals surface area contributed by atoms with Crippen LogP contribution >= 0.6 is 0 Å². The third kappa shape index (κ3) is 3.23. The Hall–Kier alpha value is -2.62. The Kier molecular flexibility index (Phi) is 4.50. The zero-order valence-corrected chi connectivity index (χ0v) is 11.2. The van der Waals surface area contributed by atoms with Crippen LogP contribution < -0.4 is 0 Å². The number of nitrogens with zero attached hydrogens (tertiary/aromatic N) is 2. The van der Waals surface area contributed by atoms with E-state index in [2.05, 4.69) is 10.3 Å². The molecular formula is C16H16N2O2. The second-order valence-electron chi connectivity index (χ2n) is 4.50. The van der Waals surface area contributed by atoms with Gasteiger partial charge in [-0.2, -0.15) is 0 Å². The van der Waals surface area contributed by atoms with Gasteiger partial charge >= 0.3 is 0 Å². The fourth-order valence-corrected chi connectivity index (χ4v) is 1.96. The van der Waals surface area contributed by atoms with Gasteiger partial charge < -0.3 is 10.4 Å². The van der Waals surface area contributed by atoms with Crippen LogP contribution in [0, 0.1) is 0 Å². The van der Waals surface area contributed by atoms with E-state index in [1.165, 1.54) is 0 Å². The normalized spacial score (nSPS) is 12.4. The lowest BCUT2D eigenvalue weighted by Gasteiger charge is -2.06. The van der Waals surface area contributed by atoms with Crippen molar-refractivity contribution in [2.75, 3.05) is 0 Å². The lowest BCUT2D eigenvalue weighted by Crippen LogP contribution is -2.07. The first-order valence-electron chi connectivity index (χ1n) is 6.29.